The lowest BCUT2D eigenvalue weighted by Crippen LogP contribution is -2.22. The van der Waals surface area contributed by atoms with Crippen LogP contribution in [0.5, 0.6) is 0 Å². The van der Waals surface area contributed by atoms with Gasteiger partial charge in [0.05, 0.1) is 5.25 Å². The third kappa shape index (κ3) is 5.66. The molecule has 7 heteroatoms. The quantitative estimate of drug-likeness (QED) is 0.532. The van der Waals surface area contributed by atoms with Crippen molar-refractivity contribution in [2.24, 2.45) is 0 Å². The van der Waals surface area contributed by atoms with Gasteiger partial charge in [0, 0.05) is 16.7 Å². The maximum Gasteiger partial charge on any atom is 0.237 e. The molecule has 1 amide bonds. The second-order valence-electron chi connectivity index (χ2n) is 5.27. The van der Waals surface area contributed by atoms with Gasteiger partial charge in [-0.15, -0.1) is 10.2 Å². The Labute approximate surface area is 149 Å². The van der Waals surface area contributed by atoms with E-state index in [1.165, 1.54) is 24.6 Å². The number of benzene rings is 1. The van der Waals surface area contributed by atoms with Crippen LogP contribution in [0.15, 0.2) is 40.2 Å². The van der Waals surface area contributed by atoms with E-state index in [0.717, 1.165) is 28.3 Å². The zero-order chi connectivity index (χ0) is 16.7. The molecule has 0 saturated carbocycles. The standard InChI is InChI=1S/C16H21BrN4OS/c1-3-4-5-10-21-11-18-20-16(21)23-12(2)15(22)19-14-8-6-13(17)7-9-14/h6-9,11-12H,3-5,10H2,1-2H3,(H,19,22)/t12-/m1/s1. The van der Waals surface area contributed by atoms with Crippen LogP contribution in [0.2, 0.25) is 0 Å². The highest BCUT2D eigenvalue weighted by Crippen LogP contribution is 2.23. The Morgan fingerprint density at radius 2 is 2.09 bits per heavy atom. The van der Waals surface area contributed by atoms with Crippen molar-refractivity contribution >= 4 is 39.3 Å². The second-order valence-corrected chi connectivity index (χ2v) is 7.49. The van der Waals surface area contributed by atoms with Crippen LogP contribution >= 0.6 is 27.7 Å². The van der Waals surface area contributed by atoms with Crippen LogP contribution in [0.3, 0.4) is 0 Å². The molecule has 23 heavy (non-hydrogen) atoms. The first-order valence-corrected chi connectivity index (χ1v) is 9.38. The summed E-state index contributed by atoms with van der Waals surface area (Å²) in [4.78, 5) is 12.3. The van der Waals surface area contributed by atoms with E-state index in [4.69, 9.17) is 0 Å². The summed E-state index contributed by atoms with van der Waals surface area (Å²) in [7, 11) is 0. The van der Waals surface area contributed by atoms with Gasteiger partial charge in [0.1, 0.15) is 6.33 Å². The number of thioether (sulfide) groups is 1. The Morgan fingerprint density at radius 3 is 2.78 bits per heavy atom. The third-order valence-corrected chi connectivity index (χ3v) is 4.97. The van der Waals surface area contributed by atoms with E-state index >= 15 is 0 Å². The topological polar surface area (TPSA) is 59.8 Å². The lowest BCUT2D eigenvalue weighted by Gasteiger charge is -2.12. The van der Waals surface area contributed by atoms with Gasteiger partial charge < -0.3 is 9.88 Å². The molecule has 0 saturated heterocycles. The van der Waals surface area contributed by atoms with E-state index in [9.17, 15) is 4.79 Å². The van der Waals surface area contributed by atoms with Crippen LogP contribution in [0.25, 0.3) is 0 Å². The lowest BCUT2D eigenvalue weighted by atomic mass is 10.2. The molecule has 1 atom stereocenters. The highest BCUT2D eigenvalue weighted by atomic mass is 79.9. The Kier molecular flexibility index (Phi) is 7.11. The van der Waals surface area contributed by atoms with Gasteiger partial charge in [0.2, 0.25) is 5.91 Å². The smallest absolute Gasteiger partial charge is 0.237 e. The first kappa shape index (κ1) is 18.0. The summed E-state index contributed by atoms with van der Waals surface area (Å²) < 4.78 is 3.00. The van der Waals surface area contributed by atoms with Crippen LogP contribution in [0.1, 0.15) is 33.1 Å². The number of amides is 1. The molecule has 2 aromatic rings. The number of carbonyl (C=O) groups excluding carboxylic acids is 1. The predicted octanol–water partition coefficient (Wildman–Crippen LogP) is 4.35. The zero-order valence-electron chi connectivity index (χ0n) is 13.3. The molecule has 2 rings (SSSR count). The van der Waals surface area contributed by atoms with E-state index in [-0.39, 0.29) is 11.2 Å². The summed E-state index contributed by atoms with van der Waals surface area (Å²) in [6.07, 6.45) is 5.19. The third-order valence-electron chi connectivity index (χ3n) is 3.35. The number of unbranched alkanes of at least 4 members (excludes halogenated alkanes) is 2. The first-order valence-electron chi connectivity index (χ1n) is 7.71. The molecule has 1 N–H and O–H groups in total. The fourth-order valence-corrected chi connectivity index (χ4v) is 3.12. The number of hydrogen-bond acceptors (Lipinski definition) is 4. The van der Waals surface area contributed by atoms with Gasteiger partial charge in [0.15, 0.2) is 5.16 Å². The van der Waals surface area contributed by atoms with Gasteiger partial charge in [0.25, 0.3) is 0 Å². The fraction of sp³-hybridized carbons (Fsp3) is 0.438. The minimum absolute atomic E-state index is 0.0413. The summed E-state index contributed by atoms with van der Waals surface area (Å²) in [6, 6.07) is 7.54. The molecule has 0 fully saturated rings. The highest BCUT2D eigenvalue weighted by molar-refractivity contribution is 9.10. The van der Waals surface area contributed by atoms with Crippen molar-refractivity contribution in [3.05, 3.63) is 35.1 Å². The maximum atomic E-state index is 12.3. The highest BCUT2D eigenvalue weighted by Gasteiger charge is 2.18. The molecule has 0 radical (unpaired) electrons. The summed E-state index contributed by atoms with van der Waals surface area (Å²) in [5.74, 6) is -0.0413. The van der Waals surface area contributed by atoms with Crippen LogP contribution in [-0.2, 0) is 11.3 Å². The first-order chi connectivity index (χ1) is 11.1. The molecule has 0 unspecified atom stereocenters. The zero-order valence-corrected chi connectivity index (χ0v) is 15.7. The number of aryl methyl sites for hydroxylation is 1. The van der Waals surface area contributed by atoms with Gasteiger partial charge in [-0.25, -0.2) is 0 Å². The van der Waals surface area contributed by atoms with Crippen molar-refractivity contribution in [1.29, 1.82) is 0 Å². The minimum Gasteiger partial charge on any atom is -0.325 e. The number of nitrogens with one attached hydrogen (secondary N) is 1. The van der Waals surface area contributed by atoms with Crippen molar-refractivity contribution in [1.82, 2.24) is 14.8 Å². The van der Waals surface area contributed by atoms with Gasteiger partial charge >= 0.3 is 0 Å². The normalized spacial score (nSPS) is 12.1. The van der Waals surface area contributed by atoms with Crippen molar-refractivity contribution < 1.29 is 4.79 Å². The van der Waals surface area contributed by atoms with E-state index in [0.29, 0.717) is 0 Å². The summed E-state index contributed by atoms with van der Waals surface area (Å²) >= 11 is 4.81. The summed E-state index contributed by atoms with van der Waals surface area (Å²) in [5, 5.41) is 11.6. The molecule has 0 aliphatic carbocycles. The van der Waals surface area contributed by atoms with Crippen LogP contribution in [-0.4, -0.2) is 25.9 Å². The maximum absolute atomic E-state index is 12.3. The van der Waals surface area contributed by atoms with Gasteiger partial charge in [-0.3, -0.25) is 4.79 Å². The molecular formula is C16H21BrN4OS. The van der Waals surface area contributed by atoms with E-state index in [1.54, 1.807) is 6.33 Å². The average Bonchev–Trinajstić information content (AvgIpc) is 2.97. The van der Waals surface area contributed by atoms with E-state index in [2.05, 4.69) is 38.4 Å². The molecule has 0 bridgehead atoms. The molecule has 1 aromatic heterocycles. The van der Waals surface area contributed by atoms with Crippen molar-refractivity contribution in [2.75, 3.05) is 5.32 Å². The molecule has 0 aliphatic heterocycles. The number of carbonyl (C=O) groups is 1. The minimum atomic E-state index is -0.243. The summed E-state index contributed by atoms with van der Waals surface area (Å²) in [6.45, 7) is 4.95. The van der Waals surface area contributed by atoms with E-state index < -0.39 is 0 Å². The molecule has 1 heterocycles. The van der Waals surface area contributed by atoms with Crippen LogP contribution < -0.4 is 5.32 Å². The number of hydrogen-bond donors (Lipinski definition) is 1. The largest absolute Gasteiger partial charge is 0.325 e. The van der Waals surface area contributed by atoms with Crippen molar-refractivity contribution in [3.63, 3.8) is 0 Å². The monoisotopic (exact) mass is 396 g/mol. The van der Waals surface area contributed by atoms with Crippen molar-refractivity contribution in [2.45, 2.75) is 50.1 Å². The Morgan fingerprint density at radius 1 is 1.35 bits per heavy atom. The van der Waals surface area contributed by atoms with Gasteiger partial charge in [-0.05, 0) is 37.6 Å². The number of nitrogens with zero attached hydrogens (tertiary/aromatic N) is 3. The predicted molar refractivity (Wildman–Crippen MR) is 97.6 cm³/mol. The molecule has 5 nitrogen and oxygen atoms in total. The summed E-state index contributed by atoms with van der Waals surface area (Å²) in [5.41, 5.74) is 0.787. The molecular weight excluding hydrogens is 376 g/mol. The molecule has 1 aromatic carbocycles. The van der Waals surface area contributed by atoms with E-state index in [1.807, 2.05) is 35.8 Å². The van der Waals surface area contributed by atoms with Crippen LogP contribution in [0.4, 0.5) is 5.69 Å². The Balaban J connectivity index is 1.90. The lowest BCUT2D eigenvalue weighted by molar-refractivity contribution is -0.115. The number of halogens is 1. The Hall–Kier alpha value is -1.34. The second kappa shape index (κ2) is 9.08. The number of anilines is 1. The molecule has 0 spiro atoms. The fourth-order valence-electron chi connectivity index (χ4n) is 2.01. The average molecular weight is 397 g/mol. The SMILES string of the molecule is CCCCCn1cnnc1S[C@H](C)C(=O)Nc1ccc(Br)cc1. The van der Waals surface area contributed by atoms with Gasteiger partial charge in [-0.1, -0.05) is 47.5 Å². The van der Waals surface area contributed by atoms with Crippen molar-refractivity contribution in [3.8, 4) is 0 Å². The molecule has 124 valence electrons. The number of aromatic nitrogens is 3. The van der Waals surface area contributed by atoms with Crippen LogP contribution in [0, 0.1) is 0 Å². The number of rotatable bonds is 8. The van der Waals surface area contributed by atoms with Gasteiger partial charge in [-0.2, -0.15) is 0 Å². The Bertz CT molecular complexity index is 629. The molecule has 0 aliphatic rings.